The smallest absolute Gasteiger partial charge is 0.307 e. The molecule has 0 radical (unpaired) electrons. The number of carboxylic acids is 1. The average Bonchev–Trinajstić information content (AvgIpc) is 3.18. The predicted octanol–water partition coefficient (Wildman–Crippen LogP) is 0.469. The number of benzene rings is 1. The van der Waals surface area contributed by atoms with E-state index in [4.69, 9.17) is 5.11 Å². The van der Waals surface area contributed by atoms with Crippen molar-refractivity contribution in [1.29, 1.82) is 0 Å². The molecule has 2 rings (SSSR count). The molecule has 21 heavy (non-hydrogen) atoms. The number of aliphatic carboxylic acids is 1. The number of carbonyl (C=O) groups is 2. The molecule has 0 spiro atoms. The molecule has 0 unspecified atom stereocenters. The van der Waals surface area contributed by atoms with Crippen LogP contribution in [0.1, 0.15) is 12.0 Å². The minimum absolute atomic E-state index is 0.227. The lowest BCUT2D eigenvalue weighted by Crippen LogP contribution is -2.28. The fourth-order valence-corrected chi connectivity index (χ4v) is 2.75. The fourth-order valence-electron chi connectivity index (χ4n) is 2.12. The SMILES string of the molecule is CS(=O)(=O)c1ccc(CCNC(=O)[C@H]2C[C@@H]2C(=O)O)cc1. The van der Waals surface area contributed by atoms with Crippen LogP contribution in [0.3, 0.4) is 0 Å². The van der Waals surface area contributed by atoms with E-state index in [9.17, 15) is 18.0 Å². The van der Waals surface area contributed by atoms with E-state index >= 15 is 0 Å². The normalized spacial score (nSPS) is 20.8. The van der Waals surface area contributed by atoms with E-state index in [0.29, 0.717) is 19.4 Å². The van der Waals surface area contributed by atoms with Gasteiger partial charge < -0.3 is 10.4 Å². The molecule has 1 fully saturated rings. The minimum Gasteiger partial charge on any atom is -0.481 e. The largest absolute Gasteiger partial charge is 0.481 e. The summed E-state index contributed by atoms with van der Waals surface area (Å²) in [5, 5.41) is 11.4. The standard InChI is InChI=1S/C14H17NO5S/c1-21(19,20)10-4-2-9(3-5-10)6-7-15-13(16)11-8-12(11)14(17)18/h2-5,11-12H,6-8H2,1H3,(H,15,16)(H,17,18)/t11-,12-/m0/s1. The van der Waals surface area contributed by atoms with Crippen molar-refractivity contribution in [2.24, 2.45) is 11.8 Å². The van der Waals surface area contributed by atoms with Crippen LogP contribution in [-0.4, -0.2) is 38.2 Å². The monoisotopic (exact) mass is 311 g/mol. The zero-order valence-electron chi connectivity index (χ0n) is 11.6. The molecule has 1 aromatic carbocycles. The van der Waals surface area contributed by atoms with Crippen LogP contribution in [0.15, 0.2) is 29.2 Å². The second-order valence-corrected chi connectivity index (χ2v) is 7.26. The molecule has 7 heteroatoms. The van der Waals surface area contributed by atoms with Gasteiger partial charge in [0.25, 0.3) is 0 Å². The highest BCUT2D eigenvalue weighted by Crippen LogP contribution is 2.38. The summed E-state index contributed by atoms with van der Waals surface area (Å²) in [6.45, 7) is 0.403. The van der Waals surface area contributed by atoms with Gasteiger partial charge >= 0.3 is 5.97 Å². The van der Waals surface area contributed by atoms with Gasteiger partial charge in [0.05, 0.1) is 16.7 Å². The van der Waals surface area contributed by atoms with Gasteiger partial charge in [-0.05, 0) is 30.5 Å². The van der Waals surface area contributed by atoms with Crippen LogP contribution in [-0.2, 0) is 25.8 Å². The van der Waals surface area contributed by atoms with Crippen LogP contribution in [0.2, 0.25) is 0 Å². The van der Waals surface area contributed by atoms with Crippen molar-refractivity contribution >= 4 is 21.7 Å². The molecule has 1 aromatic rings. The van der Waals surface area contributed by atoms with E-state index in [2.05, 4.69) is 5.32 Å². The first-order valence-electron chi connectivity index (χ1n) is 6.58. The Hall–Kier alpha value is -1.89. The van der Waals surface area contributed by atoms with Crippen LogP contribution in [0.4, 0.5) is 0 Å². The quantitative estimate of drug-likeness (QED) is 0.795. The molecule has 0 heterocycles. The maximum atomic E-state index is 11.6. The topological polar surface area (TPSA) is 101 Å². The summed E-state index contributed by atoms with van der Waals surface area (Å²) in [5.74, 6) is -2.10. The maximum absolute atomic E-state index is 11.6. The molecule has 0 aromatic heterocycles. The van der Waals surface area contributed by atoms with Crippen molar-refractivity contribution in [2.45, 2.75) is 17.7 Å². The number of hydrogen-bond donors (Lipinski definition) is 2. The number of carbonyl (C=O) groups excluding carboxylic acids is 1. The Bertz CT molecular complexity index is 650. The lowest BCUT2D eigenvalue weighted by Gasteiger charge is -2.05. The number of amides is 1. The van der Waals surface area contributed by atoms with E-state index in [1.165, 1.54) is 12.1 Å². The summed E-state index contributed by atoms with van der Waals surface area (Å²) in [5.41, 5.74) is 0.910. The van der Waals surface area contributed by atoms with Gasteiger partial charge in [-0.25, -0.2) is 8.42 Å². The van der Waals surface area contributed by atoms with E-state index in [1.54, 1.807) is 12.1 Å². The highest BCUT2D eigenvalue weighted by atomic mass is 32.2. The Morgan fingerprint density at radius 1 is 1.24 bits per heavy atom. The Balaban J connectivity index is 1.79. The van der Waals surface area contributed by atoms with Gasteiger partial charge in [-0.1, -0.05) is 12.1 Å². The summed E-state index contributed by atoms with van der Waals surface area (Å²) in [6.07, 6.45) is 2.13. The number of hydrogen-bond acceptors (Lipinski definition) is 4. The molecule has 114 valence electrons. The Morgan fingerprint density at radius 2 is 1.86 bits per heavy atom. The van der Waals surface area contributed by atoms with Crippen LogP contribution < -0.4 is 5.32 Å². The zero-order valence-corrected chi connectivity index (χ0v) is 12.4. The highest BCUT2D eigenvalue weighted by molar-refractivity contribution is 7.90. The number of nitrogens with one attached hydrogen (secondary N) is 1. The van der Waals surface area contributed by atoms with E-state index in [-0.39, 0.29) is 10.8 Å². The lowest BCUT2D eigenvalue weighted by atomic mass is 10.1. The third kappa shape index (κ3) is 4.04. The Labute approximate surface area is 123 Å². The highest BCUT2D eigenvalue weighted by Gasteiger charge is 2.48. The van der Waals surface area contributed by atoms with Gasteiger partial charge in [-0.2, -0.15) is 0 Å². The molecule has 0 saturated heterocycles. The third-order valence-corrected chi connectivity index (χ3v) is 4.64. The first-order valence-corrected chi connectivity index (χ1v) is 8.47. The van der Waals surface area contributed by atoms with Crippen molar-refractivity contribution < 1.29 is 23.1 Å². The molecule has 2 N–H and O–H groups in total. The molecule has 1 amide bonds. The molecular weight excluding hydrogens is 294 g/mol. The van der Waals surface area contributed by atoms with Gasteiger partial charge in [0, 0.05) is 12.8 Å². The second-order valence-electron chi connectivity index (χ2n) is 5.24. The summed E-state index contributed by atoms with van der Waals surface area (Å²) in [7, 11) is -3.20. The van der Waals surface area contributed by atoms with Crippen molar-refractivity contribution in [1.82, 2.24) is 5.32 Å². The molecular formula is C14H17NO5S. The third-order valence-electron chi connectivity index (χ3n) is 3.51. The van der Waals surface area contributed by atoms with Crippen molar-refractivity contribution in [3.8, 4) is 0 Å². The average molecular weight is 311 g/mol. The van der Waals surface area contributed by atoms with Crippen molar-refractivity contribution in [2.75, 3.05) is 12.8 Å². The van der Waals surface area contributed by atoms with Gasteiger partial charge in [0.15, 0.2) is 9.84 Å². The molecule has 1 saturated carbocycles. The van der Waals surface area contributed by atoms with Gasteiger partial charge in [0.1, 0.15) is 0 Å². The Kier molecular flexibility index (Phi) is 4.32. The first-order chi connectivity index (χ1) is 9.79. The van der Waals surface area contributed by atoms with Crippen molar-refractivity contribution in [3.05, 3.63) is 29.8 Å². The predicted molar refractivity (Wildman–Crippen MR) is 75.5 cm³/mol. The second kappa shape index (κ2) is 5.85. The number of rotatable bonds is 6. The summed E-state index contributed by atoms with van der Waals surface area (Å²) < 4.78 is 22.6. The summed E-state index contributed by atoms with van der Waals surface area (Å²) in [4.78, 5) is 22.6. The van der Waals surface area contributed by atoms with E-state index < -0.39 is 27.6 Å². The maximum Gasteiger partial charge on any atom is 0.307 e. The molecule has 1 aliphatic rings. The first kappa shape index (κ1) is 15.5. The lowest BCUT2D eigenvalue weighted by molar-refractivity contribution is -0.140. The molecule has 6 nitrogen and oxygen atoms in total. The zero-order chi connectivity index (χ0) is 15.6. The summed E-state index contributed by atoms with van der Waals surface area (Å²) >= 11 is 0. The van der Waals surface area contributed by atoms with Crippen LogP contribution in [0.25, 0.3) is 0 Å². The van der Waals surface area contributed by atoms with Gasteiger partial charge in [-0.15, -0.1) is 0 Å². The summed E-state index contributed by atoms with van der Waals surface area (Å²) in [6, 6.07) is 6.49. The fraction of sp³-hybridized carbons (Fsp3) is 0.429. The molecule has 0 aliphatic heterocycles. The van der Waals surface area contributed by atoms with Crippen molar-refractivity contribution in [3.63, 3.8) is 0 Å². The van der Waals surface area contributed by atoms with Gasteiger partial charge in [0.2, 0.25) is 5.91 Å². The Morgan fingerprint density at radius 3 is 2.33 bits per heavy atom. The van der Waals surface area contributed by atoms with Crippen LogP contribution in [0.5, 0.6) is 0 Å². The molecule has 0 bridgehead atoms. The molecule has 2 atom stereocenters. The minimum atomic E-state index is -3.20. The number of sulfone groups is 1. The molecule has 1 aliphatic carbocycles. The number of carboxylic acid groups (broad SMARTS) is 1. The van der Waals surface area contributed by atoms with E-state index in [0.717, 1.165) is 11.8 Å². The van der Waals surface area contributed by atoms with Crippen LogP contribution >= 0.6 is 0 Å². The van der Waals surface area contributed by atoms with Gasteiger partial charge in [-0.3, -0.25) is 9.59 Å². The van der Waals surface area contributed by atoms with E-state index in [1.807, 2.05) is 0 Å². The van der Waals surface area contributed by atoms with Crippen LogP contribution in [0, 0.1) is 11.8 Å².